The van der Waals surface area contributed by atoms with Crippen LogP contribution in [0.2, 0.25) is 0 Å². The summed E-state index contributed by atoms with van der Waals surface area (Å²) in [6.07, 6.45) is 0.323. The van der Waals surface area contributed by atoms with E-state index in [1.165, 1.54) is 7.11 Å². The molecule has 120 valence electrons. The lowest BCUT2D eigenvalue weighted by Gasteiger charge is -2.19. The van der Waals surface area contributed by atoms with Gasteiger partial charge in [-0.15, -0.1) is 0 Å². The third-order valence-electron chi connectivity index (χ3n) is 4.13. The third-order valence-corrected chi connectivity index (χ3v) is 4.13. The minimum atomic E-state index is -0.446. The van der Waals surface area contributed by atoms with Gasteiger partial charge in [-0.1, -0.05) is 43.3 Å². The molecule has 0 heterocycles. The van der Waals surface area contributed by atoms with E-state index in [1.54, 1.807) is 55.5 Å². The molecule has 2 aromatic rings. The Morgan fingerprint density at radius 2 is 1.62 bits per heavy atom. The van der Waals surface area contributed by atoms with Crippen molar-refractivity contribution in [3.8, 4) is 5.75 Å². The molecule has 0 unspecified atom stereocenters. The second-order valence-corrected chi connectivity index (χ2v) is 5.47. The molecule has 0 bridgehead atoms. The highest BCUT2D eigenvalue weighted by molar-refractivity contribution is 6.39. The summed E-state index contributed by atoms with van der Waals surface area (Å²) in [5.74, 6) is -0.568. The van der Waals surface area contributed by atoms with Crippen LogP contribution in [-0.4, -0.2) is 24.5 Å². The van der Waals surface area contributed by atoms with E-state index in [1.807, 2.05) is 0 Å². The average molecular weight is 320 g/mol. The number of hydrogen-bond acceptors (Lipinski definition) is 4. The van der Waals surface area contributed by atoms with Crippen molar-refractivity contribution >= 4 is 17.3 Å². The lowest BCUT2D eigenvalue weighted by molar-refractivity contribution is 0.0925. The summed E-state index contributed by atoms with van der Waals surface area (Å²) >= 11 is 0. The summed E-state index contributed by atoms with van der Waals surface area (Å²) in [6, 6.07) is 13.2. The van der Waals surface area contributed by atoms with Crippen LogP contribution < -0.4 is 4.74 Å². The van der Waals surface area contributed by atoms with E-state index in [-0.39, 0.29) is 22.5 Å². The third kappa shape index (κ3) is 2.46. The monoisotopic (exact) mass is 320 g/mol. The molecule has 0 amide bonds. The van der Waals surface area contributed by atoms with Crippen LogP contribution in [0.25, 0.3) is 0 Å². The number of carbonyl (C=O) groups is 3. The minimum absolute atomic E-state index is 0.0329. The number of Topliss-reactive ketones (excluding diaryl/α,β-unsaturated/α-hetero) is 3. The smallest absolute Gasteiger partial charge is 0.198 e. The molecule has 0 spiro atoms. The number of rotatable bonds is 4. The van der Waals surface area contributed by atoms with Crippen molar-refractivity contribution in [1.29, 1.82) is 0 Å². The van der Waals surface area contributed by atoms with Crippen molar-refractivity contribution in [2.75, 3.05) is 7.11 Å². The van der Waals surface area contributed by atoms with E-state index >= 15 is 0 Å². The first-order chi connectivity index (χ1) is 11.6. The van der Waals surface area contributed by atoms with Gasteiger partial charge in [-0.3, -0.25) is 14.4 Å². The van der Waals surface area contributed by atoms with Crippen molar-refractivity contribution in [3.63, 3.8) is 0 Å². The Morgan fingerprint density at radius 1 is 0.958 bits per heavy atom. The lowest BCUT2D eigenvalue weighted by atomic mass is 9.80. The number of ketones is 3. The molecular weight excluding hydrogens is 304 g/mol. The van der Waals surface area contributed by atoms with E-state index in [9.17, 15) is 14.4 Å². The lowest BCUT2D eigenvalue weighted by Crippen LogP contribution is -2.26. The summed E-state index contributed by atoms with van der Waals surface area (Å²) in [7, 11) is 1.51. The van der Waals surface area contributed by atoms with E-state index in [0.29, 0.717) is 23.3 Å². The van der Waals surface area contributed by atoms with E-state index < -0.39 is 11.6 Å². The van der Waals surface area contributed by atoms with E-state index in [4.69, 9.17) is 4.74 Å². The highest BCUT2D eigenvalue weighted by Crippen LogP contribution is 2.30. The van der Waals surface area contributed by atoms with E-state index in [2.05, 4.69) is 0 Å². The summed E-state index contributed by atoms with van der Waals surface area (Å²) in [5.41, 5.74) is 1.21. The quantitative estimate of drug-likeness (QED) is 0.637. The van der Waals surface area contributed by atoms with Crippen LogP contribution in [0.1, 0.15) is 44.4 Å². The van der Waals surface area contributed by atoms with Crippen molar-refractivity contribution in [3.05, 3.63) is 76.4 Å². The molecule has 0 radical (unpaired) electrons. The summed E-state index contributed by atoms with van der Waals surface area (Å²) in [5, 5.41) is 0. The first-order valence-electron chi connectivity index (χ1n) is 7.68. The maximum absolute atomic E-state index is 12.9. The fraction of sp³-hybridized carbons (Fsp3) is 0.150. The van der Waals surface area contributed by atoms with Gasteiger partial charge in [0.15, 0.2) is 17.3 Å². The number of allylic oxidation sites excluding steroid dienone is 2. The van der Waals surface area contributed by atoms with Crippen LogP contribution in [0, 0.1) is 0 Å². The average Bonchev–Trinajstić information content (AvgIpc) is 2.64. The standard InChI is InChI=1S/C20H16O4/c1-3-14-17(18(21)12-7-6-8-13(11-12)24-2)20(23)16-10-5-4-9-15(16)19(14)22/h4-11H,3H2,1-2H3. The SMILES string of the molecule is CCC1=C(C(=O)c2cccc(OC)c2)C(=O)c2ccccc2C1=O. The number of methoxy groups -OCH3 is 1. The molecule has 1 aliphatic rings. The first-order valence-corrected chi connectivity index (χ1v) is 7.68. The summed E-state index contributed by atoms with van der Waals surface area (Å²) in [6.45, 7) is 1.77. The van der Waals surface area contributed by atoms with Gasteiger partial charge in [0.2, 0.25) is 0 Å². The molecule has 0 fully saturated rings. The molecule has 0 saturated carbocycles. The summed E-state index contributed by atoms with van der Waals surface area (Å²) < 4.78 is 5.13. The van der Waals surface area contributed by atoms with Crippen molar-refractivity contribution < 1.29 is 19.1 Å². The Labute approximate surface area is 139 Å². The van der Waals surface area contributed by atoms with Crippen molar-refractivity contribution in [2.45, 2.75) is 13.3 Å². The Hall–Kier alpha value is -3.01. The molecule has 3 rings (SSSR count). The molecular formula is C20H16O4. The molecule has 2 aromatic carbocycles. The van der Waals surface area contributed by atoms with Crippen LogP contribution in [0.4, 0.5) is 0 Å². The second-order valence-electron chi connectivity index (χ2n) is 5.47. The zero-order valence-corrected chi connectivity index (χ0v) is 13.5. The van der Waals surface area contributed by atoms with Gasteiger partial charge in [0.25, 0.3) is 0 Å². The Morgan fingerprint density at radius 3 is 2.25 bits per heavy atom. The van der Waals surface area contributed by atoms with Gasteiger partial charge in [0.05, 0.1) is 12.7 Å². The minimum Gasteiger partial charge on any atom is -0.497 e. The van der Waals surface area contributed by atoms with Gasteiger partial charge in [-0.25, -0.2) is 0 Å². The fourth-order valence-corrected chi connectivity index (χ4v) is 2.91. The van der Waals surface area contributed by atoms with Gasteiger partial charge in [-0.2, -0.15) is 0 Å². The predicted octanol–water partition coefficient (Wildman–Crippen LogP) is 3.66. The van der Waals surface area contributed by atoms with Crippen molar-refractivity contribution in [2.24, 2.45) is 0 Å². The zero-order chi connectivity index (χ0) is 17.3. The maximum atomic E-state index is 12.9. The van der Waals surface area contributed by atoms with Crippen LogP contribution in [0.15, 0.2) is 59.7 Å². The number of hydrogen-bond donors (Lipinski definition) is 0. The number of carbonyl (C=O) groups excluding carboxylic acids is 3. The molecule has 1 aliphatic carbocycles. The predicted molar refractivity (Wildman–Crippen MR) is 89.7 cm³/mol. The van der Waals surface area contributed by atoms with Gasteiger partial charge < -0.3 is 4.74 Å². The topological polar surface area (TPSA) is 60.4 Å². The highest BCUT2D eigenvalue weighted by Gasteiger charge is 2.34. The molecule has 0 saturated heterocycles. The van der Waals surface area contributed by atoms with E-state index in [0.717, 1.165) is 0 Å². The van der Waals surface area contributed by atoms with Crippen LogP contribution >= 0.6 is 0 Å². The van der Waals surface area contributed by atoms with Crippen LogP contribution in [-0.2, 0) is 0 Å². The Bertz CT molecular complexity index is 890. The number of benzene rings is 2. The summed E-state index contributed by atoms with van der Waals surface area (Å²) in [4.78, 5) is 38.4. The molecule has 0 aliphatic heterocycles. The number of ether oxygens (including phenoxy) is 1. The number of fused-ring (bicyclic) bond motifs is 1. The largest absolute Gasteiger partial charge is 0.497 e. The van der Waals surface area contributed by atoms with Gasteiger partial charge >= 0.3 is 0 Å². The molecule has 0 N–H and O–H groups in total. The Balaban J connectivity index is 2.15. The maximum Gasteiger partial charge on any atom is 0.198 e. The molecule has 0 aromatic heterocycles. The molecule has 0 atom stereocenters. The normalized spacial score (nSPS) is 13.8. The fourth-order valence-electron chi connectivity index (χ4n) is 2.91. The molecule has 4 heteroatoms. The highest BCUT2D eigenvalue weighted by atomic mass is 16.5. The second kappa shape index (κ2) is 6.24. The molecule has 24 heavy (non-hydrogen) atoms. The van der Waals surface area contributed by atoms with Crippen LogP contribution in [0.5, 0.6) is 5.75 Å². The Kier molecular flexibility index (Phi) is 4.13. The molecule has 4 nitrogen and oxygen atoms in total. The first kappa shape index (κ1) is 15.9. The van der Waals surface area contributed by atoms with Gasteiger partial charge in [-0.05, 0) is 18.6 Å². The van der Waals surface area contributed by atoms with Gasteiger partial charge in [0.1, 0.15) is 5.75 Å². The zero-order valence-electron chi connectivity index (χ0n) is 13.5. The van der Waals surface area contributed by atoms with Crippen molar-refractivity contribution in [1.82, 2.24) is 0 Å². The van der Waals surface area contributed by atoms with Gasteiger partial charge in [0, 0.05) is 22.3 Å². The van der Waals surface area contributed by atoms with Crippen LogP contribution in [0.3, 0.4) is 0 Å².